The zero-order valence-corrected chi connectivity index (χ0v) is 10.2. The summed E-state index contributed by atoms with van der Waals surface area (Å²) >= 11 is 0. The Kier molecular flexibility index (Phi) is 4.40. The van der Waals surface area contributed by atoms with E-state index in [2.05, 4.69) is 9.71 Å². The van der Waals surface area contributed by atoms with Gasteiger partial charge in [-0.1, -0.05) is 13.8 Å². The van der Waals surface area contributed by atoms with Crippen molar-refractivity contribution in [3.8, 4) is 0 Å². The minimum Gasteiger partial charge on any atom is -0.395 e. The van der Waals surface area contributed by atoms with Crippen LogP contribution < -0.4 is 4.72 Å². The van der Waals surface area contributed by atoms with Gasteiger partial charge in [-0.15, -0.1) is 0 Å². The van der Waals surface area contributed by atoms with Gasteiger partial charge in [-0.2, -0.15) is 0 Å². The highest BCUT2D eigenvalue weighted by molar-refractivity contribution is 7.89. The molecule has 1 heterocycles. The molecule has 0 atom stereocenters. The predicted octanol–water partition coefficient (Wildman–Crippen LogP) is 0.476. The van der Waals surface area contributed by atoms with Gasteiger partial charge in [0.05, 0.1) is 6.61 Å². The summed E-state index contributed by atoms with van der Waals surface area (Å²) in [7, 11) is -3.55. The Balaban J connectivity index is 2.99. The predicted molar refractivity (Wildman–Crippen MR) is 60.6 cm³/mol. The molecule has 0 spiro atoms. The number of nitrogens with zero attached hydrogens (tertiary/aromatic N) is 1. The van der Waals surface area contributed by atoms with Crippen molar-refractivity contribution in [2.24, 2.45) is 0 Å². The molecule has 0 aromatic carbocycles. The Morgan fingerprint density at radius 3 is 2.69 bits per heavy atom. The van der Waals surface area contributed by atoms with Crippen LogP contribution in [-0.4, -0.2) is 31.7 Å². The van der Waals surface area contributed by atoms with Gasteiger partial charge in [0.1, 0.15) is 4.90 Å². The first-order valence-corrected chi connectivity index (χ1v) is 6.51. The first kappa shape index (κ1) is 13.1. The van der Waals surface area contributed by atoms with Gasteiger partial charge in [0.2, 0.25) is 10.0 Å². The third-order valence-electron chi connectivity index (χ3n) is 2.12. The van der Waals surface area contributed by atoms with E-state index in [0.717, 1.165) is 5.56 Å². The van der Waals surface area contributed by atoms with E-state index in [9.17, 15) is 8.42 Å². The Morgan fingerprint density at radius 1 is 1.44 bits per heavy atom. The second-order valence-electron chi connectivity index (χ2n) is 3.73. The maximum Gasteiger partial charge on any atom is 0.242 e. The molecule has 0 aliphatic carbocycles. The van der Waals surface area contributed by atoms with Crippen molar-refractivity contribution in [2.75, 3.05) is 13.2 Å². The van der Waals surface area contributed by atoms with Crippen LogP contribution in [-0.2, 0) is 10.0 Å². The van der Waals surface area contributed by atoms with Crippen molar-refractivity contribution in [1.82, 2.24) is 9.71 Å². The Bertz CT molecular complexity index is 443. The summed E-state index contributed by atoms with van der Waals surface area (Å²) in [4.78, 5) is 4.03. The molecule has 0 bridgehead atoms. The van der Waals surface area contributed by atoms with Crippen LogP contribution in [0.3, 0.4) is 0 Å². The van der Waals surface area contributed by atoms with Crippen LogP contribution >= 0.6 is 0 Å². The molecule has 0 aliphatic rings. The highest BCUT2D eigenvalue weighted by atomic mass is 32.2. The van der Waals surface area contributed by atoms with E-state index in [0.29, 0.717) is 0 Å². The quantitative estimate of drug-likeness (QED) is 0.789. The van der Waals surface area contributed by atoms with Crippen LogP contribution in [0.25, 0.3) is 0 Å². The third kappa shape index (κ3) is 3.26. The number of hydrogen-bond acceptors (Lipinski definition) is 4. The number of sulfonamides is 1. The summed E-state index contributed by atoms with van der Waals surface area (Å²) in [5, 5.41) is 8.58. The van der Waals surface area contributed by atoms with E-state index in [1.807, 2.05) is 13.8 Å². The van der Waals surface area contributed by atoms with Gasteiger partial charge in [-0.3, -0.25) is 4.98 Å². The highest BCUT2D eigenvalue weighted by Crippen LogP contribution is 2.16. The summed E-state index contributed by atoms with van der Waals surface area (Å²) < 4.78 is 25.7. The molecule has 0 aliphatic heterocycles. The van der Waals surface area contributed by atoms with Crippen LogP contribution in [0.15, 0.2) is 23.4 Å². The van der Waals surface area contributed by atoms with E-state index in [-0.39, 0.29) is 24.0 Å². The Morgan fingerprint density at radius 2 is 2.12 bits per heavy atom. The molecule has 5 nitrogen and oxygen atoms in total. The SMILES string of the molecule is CC(C)c1cncc(S(=O)(=O)NCCO)c1. The normalized spacial score (nSPS) is 12.0. The van der Waals surface area contributed by atoms with Crippen molar-refractivity contribution >= 4 is 10.0 Å². The molecule has 1 aromatic heterocycles. The van der Waals surface area contributed by atoms with Crippen LogP contribution in [0.4, 0.5) is 0 Å². The summed E-state index contributed by atoms with van der Waals surface area (Å²) in [6.07, 6.45) is 2.95. The molecule has 0 fully saturated rings. The van der Waals surface area contributed by atoms with Crippen LogP contribution in [0.5, 0.6) is 0 Å². The fourth-order valence-electron chi connectivity index (χ4n) is 1.16. The minimum atomic E-state index is -3.55. The Hall–Kier alpha value is -0.980. The van der Waals surface area contributed by atoms with Gasteiger partial charge in [-0.25, -0.2) is 13.1 Å². The Labute approximate surface area is 95.6 Å². The fraction of sp³-hybridized carbons (Fsp3) is 0.500. The lowest BCUT2D eigenvalue weighted by Gasteiger charge is -2.08. The van der Waals surface area contributed by atoms with Gasteiger partial charge in [0.15, 0.2) is 0 Å². The molecule has 2 N–H and O–H groups in total. The largest absolute Gasteiger partial charge is 0.395 e. The summed E-state index contributed by atoms with van der Waals surface area (Å²) in [5.74, 6) is 0.223. The van der Waals surface area contributed by atoms with Gasteiger partial charge in [-0.05, 0) is 17.5 Å². The molecule has 6 heteroatoms. The number of nitrogens with one attached hydrogen (secondary N) is 1. The second kappa shape index (κ2) is 5.38. The molecule has 90 valence electrons. The third-order valence-corrected chi connectivity index (χ3v) is 3.54. The smallest absolute Gasteiger partial charge is 0.242 e. The van der Waals surface area contributed by atoms with Crippen molar-refractivity contribution in [2.45, 2.75) is 24.7 Å². The van der Waals surface area contributed by atoms with Crippen LogP contribution in [0.2, 0.25) is 0 Å². The monoisotopic (exact) mass is 244 g/mol. The maximum absolute atomic E-state index is 11.7. The molecule has 1 rings (SSSR count). The maximum atomic E-state index is 11.7. The number of rotatable bonds is 5. The number of pyridine rings is 1. The van der Waals surface area contributed by atoms with Crippen LogP contribution in [0, 0.1) is 0 Å². The number of aliphatic hydroxyl groups is 1. The molecule has 0 saturated carbocycles. The lowest BCUT2D eigenvalue weighted by molar-refractivity contribution is 0.301. The van der Waals surface area contributed by atoms with Gasteiger partial charge >= 0.3 is 0 Å². The highest BCUT2D eigenvalue weighted by Gasteiger charge is 2.14. The van der Waals surface area contributed by atoms with E-state index >= 15 is 0 Å². The summed E-state index contributed by atoms with van der Waals surface area (Å²) in [6, 6.07) is 1.59. The molecule has 0 amide bonds. The number of hydrogen-bond donors (Lipinski definition) is 2. The average Bonchev–Trinajstić information content (AvgIpc) is 2.26. The molecular formula is C10H16N2O3S. The number of aliphatic hydroxyl groups excluding tert-OH is 1. The molecule has 16 heavy (non-hydrogen) atoms. The van der Waals surface area contributed by atoms with Gasteiger partial charge in [0, 0.05) is 18.9 Å². The van der Waals surface area contributed by atoms with Crippen LogP contribution in [0.1, 0.15) is 25.3 Å². The number of aromatic nitrogens is 1. The summed E-state index contributed by atoms with van der Waals surface area (Å²) in [6.45, 7) is 3.72. The first-order chi connectivity index (χ1) is 7.47. The van der Waals surface area contributed by atoms with Crippen molar-refractivity contribution in [1.29, 1.82) is 0 Å². The lowest BCUT2D eigenvalue weighted by atomic mass is 10.1. The van der Waals surface area contributed by atoms with Crippen molar-refractivity contribution < 1.29 is 13.5 Å². The molecule has 0 radical (unpaired) electrons. The van der Waals surface area contributed by atoms with E-state index in [4.69, 9.17) is 5.11 Å². The second-order valence-corrected chi connectivity index (χ2v) is 5.50. The van der Waals surface area contributed by atoms with E-state index < -0.39 is 10.0 Å². The molecule has 0 unspecified atom stereocenters. The van der Waals surface area contributed by atoms with Gasteiger partial charge < -0.3 is 5.11 Å². The zero-order chi connectivity index (χ0) is 12.2. The topological polar surface area (TPSA) is 79.3 Å². The minimum absolute atomic E-state index is 0.00817. The first-order valence-electron chi connectivity index (χ1n) is 5.03. The average molecular weight is 244 g/mol. The molecule has 0 saturated heterocycles. The van der Waals surface area contributed by atoms with Crippen molar-refractivity contribution in [3.05, 3.63) is 24.0 Å². The van der Waals surface area contributed by atoms with E-state index in [1.165, 1.54) is 6.20 Å². The fourth-order valence-corrected chi connectivity index (χ4v) is 2.18. The standard InChI is InChI=1S/C10H16N2O3S/c1-8(2)9-5-10(7-11-6-9)16(14,15)12-3-4-13/h5-8,12-13H,3-4H2,1-2H3. The zero-order valence-electron chi connectivity index (χ0n) is 9.34. The lowest BCUT2D eigenvalue weighted by Crippen LogP contribution is -2.26. The van der Waals surface area contributed by atoms with Crippen molar-refractivity contribution in [3.63, 3.8) is 0 Å². The molecular weight excluding hydrogens is 228 g/mol. The molecule has 1 aromatic rings. The summed E-state index contributed by atoms with van der Waals surface area (Å²) in [5.41, 5.74) is 0.867. The van der Waals surface area contributed by atoms with Gasteiger partial charge in [0.25, 0.3) is 0 Å². The van der Waals surface area contributed by atoms with E-state index in [1.54, 1.807) is 12.3 Å².